The third-order valence-corrected chi connectivity index (χ3v) is 2.95. The maximum Gasteiger partial charge on any atom is 0.273 e. The number of nitro benzene ring substituents is 1. The third kappa shape index (κ3) is 3.24. The van der Waals surface area contributed by atoms with Crippen molar-refractivity contribution in [2.24, 2.45) is 5.84 Å². The first-order valence-corrected chi connectivity index (χ1v) is 6.24. The van der Waals surface area contributed by atoms with Gasteiger partial charge in [0.15, 0.2) is 0 Å². The molecule has 0 bridgehead atoms. The van der Waals surface area contributed by atoms with E-state index in [4.69, 9.17) is 5.84 Å². The van der Waals surface area contributed by atoms with Crippen LogP contribution >= 0.6 is 0 Å². The molecular formula is C14H16N4O2. The Balaban J connectivity index is 2.27. The summed E-state index contributed by atoms with van der Waals surface area (Å²) in [5, 5.41) is 14.0. The largest absolute Gasteiger partial charge is 0.355 e. The van der Waals surface area contributed by atoms with Gasteiger partial charge in [0.2, 0.25) is 0 Å². The number of aryl methyl sites for hydroxylation is 1. The van der Waals surface area contributed by atoms with Crippen LogP contribution in [0.5, 0.6) is 0 Å². The van der Waals surface area contributed by atoms with Gasteiger partial charge in [-0.1, -0.05) is 19.1 Å². The van der Waals surface area contributed by atoms with E-state index in [1.807, 2.05) is 24.3 Å². The number of nitro groups is 1. The number of nitrogens with zero attached hydrogens (tertiary/aromatic N) is 1. The zero-order chi connectivity index (χ0) is 14.5. The molecule has 0 saturated carbocycles. The van der Waals surface area contributed by atoms with E-state index in [9.17, 15) is 10.1 Å². The van der Waals surface area contributed by atoms with Crippen molar-refractivity contribution >= 4 is 22.7 Å². The molecule has 0 amide bonds. The van der Waals surface area contributed by atoms with E-state index in [0.29, 0.717) is 11.4 Å². The molecule has 0 unspecified atom stereocenters. The lowest BCUT2D eigenvalue weighted by atomic mass is 10.1. The topological polar surface area (TPSA) is 93.2 Å². The van der Waals surface area contributed by atoms with Gasteiger partial charge in [-0.3, -0.25) is 16.0 Å². The lowest BCUT2D eigenvalue weighted by Gasteiger charge is -2.09. The first kappa shape index (κ1) is 13.8. The molecule has 0 fully saturated rings. The molecule has 2 rings (SSSR count). The zero-order valence-electron chi connectivity index (χ0n) is 11.1. The van der Waals surface area contributed by atoms with Crippen LogP contribution in [0.1, 0.15) is 12.5 Å². The summed E-state index contributed by atoms with van der Waals surface area (Å²) in [6, 6.07) is 12.5. The van der Waals surface area contributed by atoms with Crippen molar-refractivity contribution in [3.05, 3.63) is 58.1 Å². The van der Waals surface area contributed by atoms with Gasteiger partial charge < -0.3 is 10.7 Å². The van der Waals surface area contributed by atoms with Gasteiger partial charge in [0, 0.05) is 23.5 Å². The number of nitrogens with two attached hydrogens (primary N) is 1. The van der Waals surface area contributed by atoms with Crippen LogP contribution in [0.15, 0.2) is 42.5 Å². The van der Waals surface area contributed by atoms with Crippen molar-refractivity contribution in [3.8, 4) is 0 Å². The Bertz CT molecular complexity index is 611. The van der Waals surface area contributed by atoms with Crippen LogP contribution < -0.4 is 16.6 Å². The SMILES string of the molecule is CCc1ccc(Nc2cc(NN)cc([N+](=O)[O-])c2)cc1. The molecule has 2 aromatic carbocycles. The average molecular weight is 272 g/mol. The van der Waals surface area contributed by atoms with Crippen LogP contribution in [0.25, 0.3) is 0 Å². The van der Waals surface area contributed by atoms with E-state index in [1.54, 1.807) is 6.07 Å². The number of hydrogen-bond acceptors (Lipinski definition) is 5. The average Bonchev–Trinajstić information content (AvgIpc) is 2.47. The van der Waals surface area contributed by atoms with Gasteiger partial charge >= 0.3 is 0 Å². The molecule has 0 aliphatic heterocycles. The normalized spacial score (nSPS) is 10.1. The highest BCUT2D eigenvalue weighted by Crippen LogP contribution is 2.26. The number of hydrogen-bond donors (Lipinski definition) is 3. The van der Waals surface area contributed by atoms with E-state index >= 15 is 0 Å². The second-order valence-corrected chi connectivity index (χ2v) is 4.35. The first-order valence-electron chi connectivity index (χ1n) is 6.24. The molecule has 0 aliphatic rings. The lowest BCUT2D eigenvalue weighted by Crippen LogP contribution is -2.07. The van der Waals surface area contributed by atoms with Crippen LogP contribution in [0.4, 0.5) is 22.7 Å². The van der Waals surface area contributed by atoms with Gasteiger partial charge in [-0.05, 0) is 30.2 Å². The second-order valence-electron chi connectivity index (χ2n) is 4.35. The molecule has 0 atom stereocenters. The highest BCUT2D eigenvalue weighted by atomic mass is 16.6. The minimum absolute atomic E-state index is 0.0203. The Morgan fingerprint density at radius 1 is 1.10 bits per heavy atom. The molecule has 2 aromatic rings. The van der Waals surface area contributed by atoms with Crippen molar-refractivity contribution in [3.63, 3.8) is 0 Å². The van der Waals surface area contributed by atoms with Gasteiger partial charge in [0.1, 0.15) is 0 Å². The summed E-state index contributed by atoms with van der Waals surface area (Å²) in [7, 11) is 0. The Morgan fingerprint density at radius 2 is 1.75 bits per heavy atom. The Kier molecular flexibility index (Phi) is 4.17. The Hall–Kier alpha value is -2.60. The quantitative estimate of drug-likeness (QED) is 0.441. The second kappa shape index (κ2) is 6.03. The van der Waals surface area contributed by atoms with Crippen LogP contribution in [0.3, 0.4) is 0 Å². The molecule has 6 nitrogen and oxygen atoms in total. The van der Waals surface area contributed by atoms with E-state index in [2.05, 4.69) is 17.7 Å². The Morgan fingerprint density at radius 3 is 2.30 bits per heavy atom. The van der Waals surface area contributed by atoms with Crippen molar-refractivity contribution in [2.75, 3.05) is 10.7 Å². The van der Waals surface area contributed by atoms with E-state index < -0.39 is 4.92 Å². The van der Waals surface area contributed by atoms with Crippen molar-refractivity contribution < 1.29 is 4.92 Å². The minimum Gasteiger partial charge on any atom is -0.355 e. The number of rotatable bonds is 5. The molecule has 4 N–H and O–H groups in total. The lowest BCUT2D eigenvalue weighted by molar-refractivity contribution is -0.384. The van der Waals surface area contributed by atoms with E-state index in [-0.39, 0.29) is 5.69 Å². The molecule has 0 aromatic heterocycles. The van der Waals surface area contributed by atoms with Crippen LogP contribution in [-0.2, 0) is 6.42 Å². The van der Waals surface area contributed by atoms with Crippen molar-refractivity contribution in [2.45, 2.75) is 13.3 Å². The smallest absolute Gasteiger partial charge is 0.273 e. The summed E-state index contributed by atoms with van der Waals surface area (Å²) < 4.78 is 0. The summed E-state index contributed by atoms with van der Waals surface area (Å²) in [6.45, 7) is 2.09. The predicted molar refractivity (Wildman–Crippen MR) is 80.0 cm³/mol. The number of benzene rings is 2. The summed E-state index contributed by atoms with van der Waals surface area (Å²) in [6.07, 6.45) is 0.971. The number of anilines is 3. The van der Waals surface area contributed by atoms with Crippen LogP contribution in [0.2, 0.25) is 0 Å². The molecule has 0 radical (unpaired) electrons. The van der Waals surface area contributed by atoms with Crippen molar-refractivity contribution in [1.29, 1.82) is 0 Å². The van der Waals surface area contributed by atoms with Gasteiger partial charge in [-0.25, -0.2) is 0 Å². The fraction of sp³-hybridized carbons (Fsp3) is 0.143. The molecule has 20 heavy (non-hydrogen) atoms. The number of hydrazine groups is 1. The maximum atomic E-state index is 10.9. The van der Waals surface area contributed by atoms with Crippen molar-refractivity contribution in [1.82, 2.24) is 0 Å². The molecule has 0 saturated heterocycles. The van der Waals surface area contributed by atoms with Crippen LogP contribution in [0, 0.1) is 10.1 Å². The molecule has 6 heteroatoms. The minimum atomic E-state index is -0.452. The number of non-ortho nitro benzene ring substituents is 1. The Labute approximate surface area is 116 Å². The summed E-state index contributed by atoms with van der Waals surface area (Å²) in [4.78, 5) is 10.4. The molecule has 104 valence electrons. The maximum absolute atomic E-state index is 10.9. The highest BCUT2D eigenvalue weighted by Gasteiger charge is 2.09. The summed E-state index contributed by atoms with van der Waals surface area (Å²) in [5.41, 5.74) is 5.59. The summed E-state index contributed by atoms with van der Waals surface area (Å²) >= 11 is 0. The highest BCUT2D eigenvalue weighted by molar-refractivity contribution is 5.68. The fourth-order valence-electron chi connectivity index (χ4n) is 1.86. The third-order valence-electron chi connectivity index (χ3n) is 2.95. The van der Waals surface area contributed by atoms with Gasteiger partial charge in [-0.15, -0.1) is 0 Å². The molecular weight excluding hydrogens is 256 g/mol. The van der Waals surface area contributed by atoms with Gasteiger partial charge in [0.25, 0.3) is 5.69 Å². The van der Waals surface area contributed by atoms with E-state index in [1.165, 1.54) is 17.7 Å². The predicted octanol–water partition coefficient (Wildman–Crippen LogP) is 3.19. The zero-order valence-corrected chi connectivity index (χ0v) is 11.1. The summed E-state index contributed by atoms with van der Waals surface area (Å²) in [5.74, 6) is 5.32. The molecule has 0 aliphatic carbocycles. The molecule has 0 heterocycles. The number of nitrogen functional groups attached to an aromatic ring is 1. The monoisotopic (exact) mass is 272 g/mol. The molecule has 0 spiro atoms. The van der Waals surface area contributed by atoms with Crippen LogP contribution in [-0.4, -0.2) is 4.92 Å². The standard InChI is InChI=1S/C14H16N4O2/c1-2-10-3-5-11(6-4-10)16-12-7-13(17-15)9-14(8-12)18(19)20/h3-9,16-17H,2,15H2,1H3. The number of nitrogens with one attached hydrogen (secondary N) is 2. The fourth-order valence-corrected chi connectivity index (χ4v) is 1.86. The van der Waals surface area contributed by atoms with Gasteiger partial charge in [-0.2, -0.15) is 0 Å². The first-order chi connectivity index (χ1) is 9.62. The van der Waals surface area contributed by atoms with Gasteiger partial charge in [0.05, 0.1) is 10.6 Å². The van der Waals surface area contributed by atoms with E-state index in [0.717, 1.165) is 12.1 Å².